The van der Waals surface area contributed by atoms with Gasteiger partial charge < -0.3 is 10.1 Å². The summed E-state index contributed by atoms with van der Waals surface area (Å²) < 4.78 is 7.15. The Morgan fingerprint density at radius 2 is 2.05 bits per heavy atom. The third kappa shape index (κ3) is 4.03. The Morgan fingerprint density at radius 1 is 1.26 bits per heavy atom. The molecule has 1 aromatic carbocycles. The average molecular weight is 277 g/mol. The lowest BCUT2D eigenvalue weighted by atomic mass is 10.2. The molecule has 0 aliphatic rings. The van der Waals surface area contributed by atoms with Crippen molar-refractivity contribution in [2.75, 3.05) is 13.2 Å². The molecular weight excluding hydrogens is 254 g/mol. The zero-order valence-electron chi connectivity index (χ0n) is 12.0. The van der Waals surface area contributed by atoms with E-state index in [2.05, 4.69) is 56.4 Å². The van der Waals surface area contributed by atoms with Gasteiger partial charge in [-0.3, -0.25) is 0 Å². The van der Waals surface area contributed by atoms with E-state index >= 15 is 0 Å². The van der Waals surface area contributed by atoms with Crippen LogP contribution in [-0.2, 0) is 4.74 Å². The predicted molar refractivity (Wildman–Crippen MR) is 83.9 cm³/mol. The predicted octanol–water partition coefficient (Wildman–Crippen LogP) is 4.37. The molecule has 0 aliphatic heterocycles. The summed E-state index contributed by atoms with van der Waals surface area (Å²) in [5.41, 5.74) is 0. The summed E-state index contributed by atoms with van der Waals surface area (Å²) in [7, 11) is 0. The molecule has 1 heterocycles. The minimum absolute atomic E-state index is 0.278. The van der Waals surface area contributed by atoms with Crippen molar-refractivity contribution in [3.63, 3.8) is 0 Å². The number of ether oxygens (including phenoxy) is 1. The van der Waals surface area contributed by atoms with E-state index in [9.17, 15) is 0 Å². The molecule has 0 radical (unpaired) electrons. The highest BCUT2D eigenvalue weighted by Crippen LogP contribution is 2.30. The van der Waals surface area contributed by atoms with E-state index in [1.54, 1.807) is 0 Å². The molecular formula is C16H23NOS. The van der Waals surface area contributed by atoms with Gasteiger partial charge in [0.25, 0.3) is 0 Å². The molecule has 1 atom stereocenters. The highest BCUT2D eigenvalue weighted by Gasteiger charge is 2.14. The number of hydrogen-bond acceptors (Lipinski definition) is 3. The fourth-order valence-electron chi connectivity index (χ4n) is 2.02. The monoisotopic (exact) mass is 277 g/mol. The SMILES string of the molecule is CCCNC(COC(C)C)c1cc2ccccc2s1. The van der Waals surface area contributed by atoms with Crippen LogP contribution in [0.2, 0.25) is 0 Å². The van der Waals surface area contributed by atoms with Gasteiger partial charge in [0.05, 0.1) is 18.8 Å². The van der Waals surface area contributed by atoms with E-state index in [4.69, 9.17) is 4.74 Å². The van der Waals surface area contributed by atoms with E-state index in [0.29, 0.717) is 6.04 Å². The van der Waals surface area contributed by atoms with Crippen LogP contribution in [0.4, 0.5) is 0 Å². The van der Waals surface area contributed by atoms with Crippen molar-refractivity contribution in [2.24, 2.45) is 0 Å². The summed E-state index contributed by atoms with van der Waals surface area (Å²) in [6.07, 6.45) is 1.42. The summed E-state index contributed by atoms with van der Waals surface area (Å²) in [5.74, 6) is 0. The van der Waals surface area contributed by atoms with Crippen molar-refractivity contribution in [1.29, 1.82) is 0 Å². The highest BCUT2D eigenvalue weighted by atomic mass is 32.1. The number of thiophene rings is 1. The van der Waals surface area contributed by atoms with Crippen LogP contribution in [0.5, 0.6) is 0 Å². The fraction of sp³-hybridized carbons (Fsp3) is 0.500. The average Bonchev–Trinajstić information content (AvgIpc) is 2.82. The van der Waals surface area contributed by atoms with E-state index in [0.717, 1.165) is 19.6 Å². The van der Waals surface area contributed by atoms with Gasteiger partial charge >= 0.3 is 0 Å². The molecule has 1 N–H and O–H groups in total. The molecule has 3 heteroatoms. The Bertz CT molecular complexity index is 473. The van der Waals surface area contributed by atoms with Crippen molar-refractivity contribution in [1.82, 2.24) is 5.32 Å². The number of hydrogen-bond donors (Lipinski definition) is 1. The van der Waals surface area contributed by atoms with Gasteiger partial charge in [-0.1, -0.05) is 25.1 Å². The van der Waals surface area contributed by atoms with Crippen molar-refractivity contribution in [3.8, 4) is 0 Å². The summed E-state index contributed by atoms with van der Waals surface area (Å²) in [5, 5.41) is 4.92. The first-order valence-corrected chi connectivity index (χ1v) is 7.85. The van der Waals surface area contributed by atoms with Gasteiger partial charge in [0.15, 0.2) is 0 Å². The van der Waals surface area contributed by atoms with Gasteiger partial charge in [-0.15, -0.1) is 11.3 Å². The zero-order valence-corrected chi connectivity index (χ0v) is 12.8. The van der Waals surface area contributed by atoms with Crippen LogP contribution in [0.3, 0.4) is 0 Å². The third-order valence-corrected chi connectivity index (χ3v) is 4.25. The second kappa shape index (κ2) is 7.04. The second-order valence-electron chi connectivity index (χ2n) is 5.08. The van der Waals surface area contributed by atoms with Gasteiger partial charge in [0, 0.05) is 9.58 Å². The molecule has 0 saturated heterocycles. The maximum Gasteiger partial charge on any atom is 0.0672 e. The lowest BCUT2D eigenvalue weighted by molar-refractivity contribution is 0.0618. The summed E-state index contributed by atoms with van der Waals surface area (Å²) >= 11 is 1.86. The molecule has 2 aromatic rings. The normalized spacial score (nSPS) is 13.3. The van der Waals surface area contributed by atoms with E-state index < -0.39 is 0 Å². The van der Waals surface area contributed by atoms with Crippen molar-refractivity contribution in [2.45, 2.75) is 39.3 Å². The van der Waals surface area contributed by atoms with Gasteiger partial charge in [-0.2, -0.15) is 0 Å². The quantitative estimate of drug-likeness (QED) is 0.811. The molecule has 0 bridgehead atoms. The van der Waals surface area contributed by atoms with Gasteiger partial charge in [0.2, 0.25) is 0 Å². The van der Waals surface area contributed by atoms with Crippen LogP contribution in [0.15, 0.2) is 30.3 Å². The van der Waals surface area contributed by atoms with Crippen LogP contribution in [-0.4, -0.2) is 19.3 Å². The van der Waals surface area contributed by atoms with E-state index in [1.807, 2.05) is 11.3 Å². The first kappa shape index (κ1) is 14.5. The molecule has 19 heavy (non-hydrogen) atoms. The topological polar surface area (TPSA) is 21.3 Å². The molecule has 0 aliphatic carbocycles. The fourth-order valence-corrected chi connectivity index (χ4v) is 3.15. The Morgan fingerprint density at radius 3 is 2.74 bits per heavy atom. The smallest absolute Gasteiger partial charge is 0.0672 e. The van der Waals surface area contributed by atoms with Crippen molar-refractivity contribution >= 4 is 21.4 Å². The maximum atomic E-state index is 5.80. The number of fused-ring (bicyclic) bond motifs is 1. The Labute approximate surface area is 119 Å². The number of rotatable bonds is 7. The molecule has 0 fully saturated rings. The summed E-state index contributed by atoms with van der Waals surface area (Å²) in [4.78, 5) is 1.37. The van der Waals surface area contributed by atoms with Crippen molar-refractivity contribution < 1.29 is 4.74 Å². The Balaban J connectivity index is 2.15. The summed E-state index contributed by atoms with van der Waals surface area (Å²) in [6.45, 7) is 8.13. The molecule has 0 amide bonds. The maximum absolute atomic E-state index is 5.80. The van der Waals surface area contributed by atoms with E-state index in [-0.39, 0.29) is 6.10 Å². The highest BCUT2D eigenvalue weighted by molar-refractivity contribution is 7.19. The van der Waals surface area contributed by atoms with Crippen LogP contribution in [0, 0.1) is 0 Å². The van der Waals surface area contributed by atoms with Gasteiger partial charge in [-0.25, -0.2) is 0 Å². The molecule has 104 valence electrons. The molecule has 2 nitrogen and oxygen atoms in total. The van der Waals surface area contributed by atoms with E-state index in [1.165, 1.54) is 15.0 Å². The number of nitrogens with one attached hydrogen (secondary N) is 1. The minimum atomic E-state index is 0.278. The molecule has 0 saturated carbocycles. The van der Waals surface area contributed by atoms with Crippen LogP contribution in [0.25, 0.3) is 10.1 Å². The third-order valence-electron chi connectivity index (χ3n) is 3.02. The first-order chi connectivity index (χ1) is 9.20. The Hall–Kier alpha value is -0.900. The zero-order chi connectivity index (χ0) is 13.7. The number of benzene rings is 1. The van der Waals surface area contributed by atoms with Gasteiger partial charge in [0.1, 0.15) is 0 Å². The first-order valence-electron chi connectivity index (χ1n) is 7.04. The van der Waals surface area contributed by atoms with Crippen LogP contribution >= 0.6 is 11.3 Å². The van der Waals surface area contributed by atoms with Crippen molar-refractivity contribution in [3.05, 3.63) is 35.2 Å². The summed E-state index contributed by atoms with van der Waals surface area (Å²) in [6, 6.07) is 11.1. The lowest BCUT2D eigenvalue weighted by Crippen LogP contribution is -2.26. The lowest BCUT2D eigenvalue weighted by Gasteiger charge is -2.18. The molecule has 1 aromatic heterocycles. The molecule has 2 rings (SSSR count). The van der Waals surface area contributed by atoms with Gasteiger partial charge in [-0.05, 0) is 44.3 Å². The Kier molecular flexibility index (Phi) is 5.37. The standard InChI is InChI=1S/C16H23NOS/c1-4-9-17-14(11-18-12(2)3)16-10-13-7-5-6-8-15(13)19-16/h5-8,10,12,14,17H,4,9,11H2,1-3H3. The second-order valence-corrected chi connectivity index (χ2v) is 6.19. The van der Waals surface area contributed by atoms with Crippen LogP contribution < -0.4 is 5.32 Å². The minimum Gasteiger partial charge on any atom is -0.377 e. The largest absolute Gasteiger partial charge is 0.377 e. The van der Waals surface area contributed by atoms with Crippen LogP contribution in [0.1, 0.15) is 38.1 Å². The molecule has 1 unspecified atom stereocenters. The molecule has 0 spiro atoms.